The molecule has 1 aromatic heterocycles. The van der Waals surface area contributed by atoms with Crippen LogP contribution in [0.5, 0.6) is 0 Å². The number of carbonyl (C=O) groups excluding carboxylic acids is 1. The zero-order valence-electron chi connectivity index (χ0n) is 14.6. The Kier molecular flexibility index (Phi) is 5.31. The Balaban J connectivity index is 1.64. The van der Waals surface area contributed by atoms with Gasteiger partial charge in [-0.15, -0.1) is 0 Å². The van der Waals surface area contributed by atoms with Crippen LogP contribution in [-0.4, -0.2) is 22.0 Å². The molecule has 0 radical (unpaired) electrons. The Labute approximate surface area is 150 Å². The number of rotatable bonds is 6. The summed E-state index contributed by atoms with van der Waals surface area (Å²) >= 11 is 0. The fourth-order valence-corrected chi connectivity index (χ4v) is 2.93. The van der Waals surface area contributed by atoms with Gasteiger partial charge in [0.25, 0.3) is 5.56 Å². The molecular formula is C20H21N3O3. The minimum atomic E-state index is -0.501. The molecule has 0 fully saturated rings. The quantitative estimate of drug-likeness (QED) is 0.712. The Morgan fingerprint density at radius 1 is 1.08 bits per heavy atom. The van der Waals surface area contributed by atoms with Gasteiger partial charge in [0.2, 0.25) is 5.91 Å². The first-order valence-corrected chi connectivity index (χ1v) is 8.60. The van der Waals surface area contributed by atoms with Gasteiger partial charge in [0.1, 0.15) is 0 Å². The Bertz CT molecular complexity index is 1020. The van der Waals surface area contributed by atoms with Crippen LogP contribution in [0.15, 0.2) is 64.2 Å². The molecule has 0 bridgehead atoms. The first-order chi connectivity index (χ1) is 12.6. The maximum atomic E-state index is 12.2. The van der Waals surface area contributed by atoms with Crippen molar-refractivity contribution in [1.82, 2.24) is 14.9 Å². The standard InChI is InChI=1S/C20H21N3O3/c1-14(15-7-3-2-4-8-15)13-21-18(24)11-12-23-17-10-6-5-9-16(17)19(25)22-20(23)26/h2-10,14H,11-13H2,1H3,(H,21,24)(H,22,25,26)/t14-/m0/s1. The second-order valence-electron chi connectivity index (χ2n) is 6.29. The van der Waals surface area contributed by atoms with Gasteiger partial charge in [0.15, 0.2) is 0 Å². The molecule has 0 spiro atoms. The van der Waals surface area contributed by atoms with Gasteiger partial charge in [-0.05, 0) is 23.6 Å². The highest BCUT2D eigenvalue weighted by Gasteiger charge is 2.10. The van der Waals surface area contributed by atoms with Crippen LogP contribution in [0, 0.1) is 0 Å². The molecule has 2 aromatic carbocycles. The first kappa shape index (κ1) is 17.7. The summed E-state index contributed by atoms with van der Waals surface area (Å²) in [6.45, 7) is 2.79. The molecule has 3 aromatic rings. The summed E-state index contributed by atoms with van der Waals surface area (Å²) in [4.78, 5) is 38.4. The van der Waals surface area contributed by atoms with Crippen LogP contribution >= 0.6 is 0 Å². The fourth-order valence-electron chi connectivity index (χ4n) is 2.93. The van der Waals surface area contributed by atoms with Crippen LogP contribution in [0.2, 0.25) is 0 Å². The monoisotopic (exact) mass is 351 g/mol. The number of fused-ring (bicyclic) bond motifs is 1. The summed E-state index contributed by atoms with van der Waals surface area (Å²) in [7, 11) is 0. The molecular weight excluding hydrogens is 330 g/mol. The number of para-hydroxylation sites is 1. The van der Waals surface area contributed by atoms with E-state index in [1.807, 2.05) is 30.3 Å². The molecule has 3 rings (SSSR count). The number of nitrogens with one attached hydrogen (secondary N) is 2. The van der Waals surface area contributed by atoms with Crippen molar-refractivity contribution in [2.24, 2.45) is 0 Å². The molecule has 134 valence electrons. The van der Waals surface area contributed by atoms with E-state index in [-0.39, 0.29) is 24.8 Å². The molecule has 0 aliphatic heterocycles. The van der Waals surface area contributed by atoms with E-state index in [2.05, 4.69) is 17.2 Å². The lowest BCUT2D eigenvalue weighted by molar-refractivity contribution is -0.121. The minimum Gasteiger partial charge on any atom is -0.355 e. The predicted molar refractivity (Wildman–Crippen MR) is 101 cm³/mol. The van der Waals surface area contributed by atoms with Gasteiger partial charge in [0, 0.05) is 19.5 Å². The normalized spacial score (nSPS) is 12.0. The SMILES string of the molecule is C[C@@H](CNC(=O)CCn1c(=O)[nH]c(=O)c2ccccc21)c1ccccc1. The Morgan fingerprint density at radius 2 is 1.77 bits per heavy atom. The van der Waals surface area contributed by atoms with E-state index >= 15 is 0 Å². The van der Waals surface area contributed by atoms with Crippen molar-refractivity contribution in [2.45, 2.75) is 25.8 Å². The molecule has 6 heteroatoms. The second kappa shape index (κ2) is 7.82. The number of aryl methyl sites for hydroxylation is 1. The second-order valence-corrected chi connectivity index (χ2v) is 6.29. The van der Waals surface area contributed by atoms with Crippen molar-refractivity contribution in [3.63, 3.8) is 0 Å². The number of H-pyrrole nitrogens is 1. The van der Waals surface area contributed by atoms with Crippen molar-refractivity contribution in [2.75, 3.05) is 6.54 Å². The van der Waals surface area contributed by atoms with Gasteiger partial charge in [-0.1, -0.05) is 49.4 Å². The van der Waals surface area contributed by atoms with E-state index in [4.69, 9.17) is 0 Å². The van der Waals surface area contributed by atoms with Gasteiger partial charge in [-0.3, -0.25) is 19.1 Å². The van der Waals surface area contributed by atoms with Crippen molar-refractivity contribution < 1.29 is 4.79 Å². The molecule has 1 amide bonds. The Morgan fingerprint density at radius 3 is 2.54 bits per heavy atom. The average molecular weight is 351 g/mol. The lowest BCUT2D eigenvalue weighted by Crippen LogP contribution is -2.33. The van der Waals surface area contributed by atoms with E-state index < -0.39 is 11.2 Å². The summed E-state index contributed by atoms with van der Waals surface area (Å²) < 4.78 is 1.43. The summed E-state index contributed by atoms with van der Waals surface area (Å²) in [6, 6.07) is 16.8. The summed E-state index contributed by atoms with van der Waals surface area (Å²) in [5.41, 5.74) is 0.782. The van der Waals surface area contributed by atoms with Crippen molar-refractivity contribution in [3.8, 4) is 0 Å². The highest BCUT2D eigenvalue weighted by Crippen LogP contribution is 2.13. The molecule has 26 heavy (non-hydrogen) atoms. The maximum Gasteiger partial charge on any atom is 0.328 e. The molecule has 2 N–H and O–H groups in total. The van der Waals surface area contributed by atoms with Gasteiger partial charge in [-0.2, -0.15) is 0 Å². The van der Waals surface area contributed by atoms with Crippen LogP contribution in [0.25, 0.3) is 10.9 Å². The van der Waals surface area contributed by atoms with Gasteiger partial charge in [0.05, 0.1) is 10.9 Å². The zero-order chi connectivity index (χ0) is 18.5. The van der Waals surface area contributed by atoms with Gasteiger partial charge < -0.3 is 5.32 Å². The zero-order valence-corrected chi connectivity index (χ0v) is 14.6. The smallest absolute Gasteiger partial charge is 0.328 e. The van der Waals surface area contributed by atoms with Crippen LogP contribution in [0.3, 0.4) is 0 Å². The number of benzene rings is 2. The molecule has 1 heterocycles. The molecule has 0 aliphatic carbocycles. The molecule has 0 aliphatic rings. The summed E-state index contributed by atoms with van der Waals surface area (Å²) in [6.07, 6.45) is 0.164. The maximum absolute atomic E-state index is 12.2. The van der Waals surface area contributed by atoms with E-state index in [1.165, 1.54) is 4.57 Å². The van der Waals surface area contributed by atoms with E-state index in [0.29, 0.717) is 17.4 Å². The fraction of sp³-hybridized carbons (Fsp3) is 0.250. The number of nitrogens with zero attached hydrogens (tertiary/aromatic N) is 1. The molecule has 1 atom stereocenters. The number of hydrogen-bond donors (Lipinski definition) is 2. The number of carbonyl (C=O) groups is 1. The van der Waals surface area contributed by atoms with Crippen LogP contribution in [-0.2, 0) is 11.3 Å². The summed E-state index contributed by atoms with van der Waals surface area (Å²) in [5.74, 6) is 0.0757. The molecule has 0 unspecified atom stereocenters. The van der Waals surface area contributed by atoms with Crippen molar-refractivity contribution >= 4 is 16.8 Å². The highest BCUT2D eigenvalue weighted by atomic mass is 16.2. The highest BCUT2D eigenvalue weighted by molar-refractivity contribution is 5.78. The third-order valence-electron chi connectivity index (χ3n) is 4.44. The summed E-state index contributed by atoms with van der Waals surface area (Å²) in [5, 5.41) is 3.34. The molecule has 0 saturated heterocycles. The molecule has 0 saturated carbocycles. The predicted octanol–water partition coefficient (Wildman–Crippen LogP) is 2.00. The van der Waals surface area contributed by atoms with Crippen molar-refractivity contribution in [3.05, 3.63) is 81.0 Å². The van der Waals surface area contributed by atoms with Crippen LogP contribution in [0.1, 0.15) is 24.8 Å². The van der Waals surface area contributed by atoms with E-state index in [0.717, 1.165) is 5.56 Å². The van der Waals surface area contributed by atoms with Gasteiger partial charge in [-0.25, -0.2) is 4.79 Å². The largest absolute Gasteiger partial charge is 0.355 e. The van der Waals surface area contributed by atoms with E-state index in [1.54, 1.807) is 24.3 Å². The Hall–Kier alpha value is -3.15. The van der Waals surface area contributed by atoms with E-state index in [9.17, 15) is 14.4 Å². The lowest BCUT2D eigenvalue weighted by atomic mass is 10.0. The number of hydrogen-bond acceptors (Lipinski definition) is 3. The van der Waals surface area contributed by atoms with Crippen molar-refractivity contribution in [1.29, 1.82) is 0 Å². The van der Waals surface area contributed by atoms with Gasteiger partial charge >= 0.3 is 5.69 Å². The average Bonchev–Trinajstić information content (AvgIpc) is 2.66. The molecule has 6 nitrogen and oxygen atoms in total. The van der Waals surface area contributed by atoms with Crippen LogP contribution in [0.4, 0.5) is 0 Å². The number of amides is 1. The number of aromatic nitrogens is 2. The number of aromatic amines is 1. The topological polar surface area (TPSA) is 84.0 Å². The first-order valence-electron chi connectivity index (χ1n) is 8.60. The minimum absolute atomic E-state index is 0.130. The lowest BCUT2D eigenvalue weighted by Gasteiger charge is -2.14. The third kappa shape index (κ3) is 3.91. The van der Waals surface area contributed by atoms with Crippen LogP contribution < -0.4 is 16.6 Å². The third-order valence-corrected chi connectivity index (χ3v) is 4.44.